The Morgan fingerprint density at radius 1 is 1.30 bits per heavy atom. The third-order valence-electron chi connectivity index (χ3n) is 2.92. The minimum Gasteiger partial charge on any atom is -0.497 e. The van der Waals surface area contributed by atoms with Crippen molar-refractivity contribution < 1.29 is 13.9 Å². The molecule has 2 rings (SSSR count). The first kappa shape index (κ1) is 14.5. The highest BCUT2D eigenvalue weighted by Crippen LogP contribution is 2.23. The second kappa shape index (κ2) is 6.05. The number of halogens is 2. The van der Waals surface area contributed by atoms with Crippen LogP contribution in [-0.2, 0) is 6.42 Å². The van der Waals surface area contributed by atoms with Crippen LogP contribution in [0, 0.1) is 5.82 Å². The monoisotopic (exact) mass is 337 g/mol. The van der Waals surface area contributed by atoms with Gasteiger partial charge in [-0.3, -0.25) is 4.79 Å². The number of rotatable bonds is 4. The van der Waals surface area contributed by atoms with Crippen LogP contribution in [0.15, 0.2) is 40.9 Å². The first-order chi connectivity index (χ1) is 9.51. The van der Waals surface area contributed by atoms with Crippen LogP contribution in [0.1, 0.15) is 15.9 Å². The molecule has 0 atom stereocenters. The van der Waals surface area contributed by atoms with E-state index in [1.807, 2.05) is 0 Å². The van der Waals surface area contributed by atoms with Gasteiger partial charge in [0.1, 0.15) is 11.6 Å². The average Bonchev–Trinajstić information content (AvgIpc) is 2.42. The van der Waals surface area contributed by atoms with E-state index in [4.69, 9.17) is 10.5 Å². The predicted octanol–water partition coefficient (Wildman–Crippen LogP) is 3.60. The van der Waals surface area contributed by atoms with E-state index in [0.29, 0.717) is 22.6 Å². The summed E-state index contributed by atoms with van der Waals surface area (Å²) in [6.07, 6.45) is -0.0399. The van der Waals surface area contributed by atoms with Gasteiger partial charge in [-0.2, -0.15) is 0 Å². The Hall–Kier alpha value is -1.88. The van der Waals surface area contributed by atoms with Crippen molar-refractivity contribution in [3.8, 4) is 5.75 Å². The van der Waals surface area contributed by atoms with E-state index in [-0.39, 0.29) is 12.2 Å². The molecule has 0 saturated carbocycles. The van der Waals surface area contributed by atoms with Crippen LogP contribution in [-0.4, -0.2) is 12.9 Å². The average molecular weight is 338 g/mol. The van der Waals surface area contributed by atoms with Crippen molar-refractivity contribution in [2.75, 3.05) is 12.8 Å². The fourth-order valence-corrected chi connectivity index (χ4v) is 2.28. The standard InChI is InChI=1S/C15H13BrFNO2/c1-20-11-3-4-12(14(18)8-11)15(19)7-9-6-10(16)2-5-13(9)17/h2-6,8H,7,18H2,1H3. The van der Waals surface area contributed by atoms with Crippen molar-refractivity contribution in [2.24, 2.45) is 0 Å². The Balaban J connectivity index is 2.26. The molecule has 0 aliphatic rings. The summed E-state index contributed by atoms with van der Waals surface area (Å²) in [5.74, 6) is -0.0662. The molecule has 0 heterocycles. The Labute approximate surface area is 124 Å². The highest BCUT2D eigenvalue weighted by molar-refractivity contribution is 9.10. The molecule has 0 unspecified atom stereocenters. The summed E-state index contributed by atoms with van der Waals surface area (Å²) in [6.45, 7) is 0. The van der Waals surface area contributed by atoms with Crippen molar-refractivity contribution in [3.05, 3.63) is 57.8 Å². The molecule has 0 spiro atoms. The van der Waals surface area contributed by atoms with Gasteiger partial charge in [0, 0.05) is 28.2 Å². The second-order valence-electron chi connectivity index (χ2n) is 4.29. The molecule has 2 aromatic rings. The van der Waals surface area contributed by atoms with Crippen LogP contribution in [0.5, 0.6) is 5.75 Å². The summed E-state index contributed by atoms with van der Waals surface area (Å²) in [7, 11) is 1.52. The van der Waals surface area contributed by atoms with E-state index in [0.717, 1.165) is 4.47 Å². The lowest BCUT2D eigenvalue weighted by Crippen LogP contribution is -2.08. The van der Waals surface area contributed by atoms with Gasteiger partial charge in [0.15, 0.2) is 5.78 Å². The lowest BCUT2D eigenvalue weighted by molar-refractivity contribution is 0.0992. The minimum absolute atomic E-state index is 0.0399. The van der Waals surface area contributed by atoms with Crippen LogP contribution >= 0.6 is 15.9 Å². The van der Waals surface area contributed by atoms with E-state index in [1.165, 1.54) is 13.2 Å². The highest BCUT2D eigenvalue weighted by atomic mass is 79.9. The molecule has 2 aromatic carbocycles. The smallest absolute Gasteiger partial charge is 0.169 e. The molecule has 0 fully saturated rings. The fraction of sp³-hybridized carbons (Fsp3) is 0.133. The number of anilines is 1. The molecule has 0 aliphatic carbocycles. The summed E-state index contributed by atoms with van der Waals surface area (Å²) in [5, 5.41) is 0. The van der Waals surface area contributed by atoms with Gasteiger partial charge in [-0.05, 0) is 35.9 Å². The van der Waals surface area contributed by atoms with Crippen LogP contribution in [0.2, 0.25) is 0 Å². The van der Waals surface area contributed by atoms with Crippen LogP contribution < -0.4 is 10.5 Å². The number of ketones is 1. The van der Waals surface area contributed by atoms with Gasteiger partial charge in [0.05, 0.1) is 7.11 Å². The molecule has 5 heteroatoms. The van der Waals surface area contributed by atoms with E-state index >= 15 is 0 Å². The van der Waals surface area contributed by atoms with Crippen molar-refractivity contribution in [3.63, 3.8) is 0 Å². The van der Waals surface area contributed by atoms with Gasteiger partial charge >= 0.3 is 0 Å². The number of ether oxygens (including phenoxy) is 1. The Morgan fingerprint density at radius 2 is 2.05 bits per heavy atom. The van der Waals surface area contributed by atoms with Gasteiger partial charge in [-0.25, -0.2) is 4.39 Å². The molecule has 0 aromatic heterocycles. The summed E-state index contributed by atoms with van der Waals surface area (Å²) in [4.78, 5) is 12.2. The van der Waals surface area contributed by atoms with Gasteiger partial charge < -0.3 is 10.5 Å². The highest BCUT2D eigenvalue weighted by Gasteiger charge is 2.14. The predicted molar refractivity (Wildman–Crippen MR) is 79.5 cm³/mol. The molecule has 0 radical (unpaired) electrons. The van der Waals surface area contributed by atoms with Crippen LogP contribution in [0.3, 0.4) is 0 Å². The van der Waals surface area contributed by atoms with E-state index in [1.54, 1.807) is 30.3 Å². The largest absolute Gasteiger partial charge is 0.497 e. The van der Waals surface area contributed by atoms with Crippen molar-refractivity contribution in [2.45, 2.75) is 6.42 Å². The summed E-state index contributed by atoms with van der Waals surface area (Å²) >= 11 is 3.26. The molecule has 104 valence electrons. The molecular formula is C15H13BrFNO2. The number of hydrogen-bond acceptors (Lipinski definition) is 3. The zero-order valence-electron chi connectivity index (χ0n) is 10.8. The van der Waals surface area contributed by atoms with Gasteiger partial charge in [0.2, 0.25) is 0 Å². The molecule has 0 saturated heterocycles. The second-order valence-corrected chi connectivity index (χ2v) is 5.20. The van der Waals surface area contributed by atoms with Gasteiger partial charge in [0.25, 0.3) is 0 Å². The Morgan fingerprint density at radius 3 is 2.70 bits per heavy atom. The topological polar surface area (TPSA) is 52.3 Å². The third-order valence-corrected chi connectivity index (χ3v) is 3.41. The molecule has 0 amide bonds. The Bertz CT molecular complexity index is 658. The number of benzene rings is 2. The lowest BCUT2D eigenvalue weighted by atomic mass is 10.0. The maximum absolute atomic E-state index is 13.6. The number of hydrogen-bond donors (Lipinski definition) is 1. The van der Waals surface area contributed by atoms with E-state index in [2.05, 4.69) is 15.9 Å². The lowest BCUT2D eigenvalue weighted by Gasteiger charge is -2.08. The number of Topliss-reactive ketones (excluding diaryl/α,β-unsaturated/α-hetero) is 1. The molecule has 20 heavy (non-hydrogen) atoms. The van der Waals surface area contributed by atoms with Crippen molar-refractivity contribution >= 4 is 27.4 Å². The van der Waals surface area contributed by atoms with Gasteiger partial charge in [-0.1, -0.05) is 15.9 Å². The number of nitrogen functional groups attached to an aromatic ring is 1. The quantitative estimate of drug-likeness (QED) is 0.685. The Kier molecular flexibility index (Phi) is 4.39. The van der Waals surface area contributed by atoms with Gasteiger partial charge in [-0.15, -0.1) is 0 Å². The van der Waals surface area contributed by atoms with E-state index < -0.39 is 5.82 Å². The molecule has 3 nitrogen and oxygen atoms in total. The summed E-state index contributed by atoms with van der Waals surface area (Å²) < 4.78 is 19.4. The number of carbonyl (C=O) groups excluding carboxylic acids is 1. The van der Waals surface area contributed by atoms with Crippen molar-refractivity contribution in [1.29, 1.82) is 0 Å². The molecule has 0 bridgehead atoms. The first-order valence-corrected chi connectivity index (χ1v) is 6.71. The molecule has 2 N–H and O–H groups in total. The number of carbonyl (C=O) groups is 1. The zero-order valence-corrected chi connectivity index (χ0v) is 12.4. The van der Waals surface area contributed by atoms with E-state index in [9.17, 15) is 9.18 Å². The first-order valence-electron chi connectivity index (χ1n) is 5.92. The van der Waals surface area contributed by atoms with Crippen molar-refractivity contribution in [1.82, 2.24) is 0 Å². The number of methoxy groups -OCH3 is 1. The SMILES string of the molecule is COc1ccc(C(=O)Cc2cc(Br)ccc2F)c(N)c1. The molecular weight excluding hydrogens is 325 g/mol. The molecule has 0 aliphatic heterocycles. The maximum Gasteiger partial charge on any atom is 0.169 e. The third kappa shape index (κ3) is 3.17. The zero-order chi connectivity index (χ0) is 14.7. The fourth-order valence-electron chi connectivity index (χ4n) is 1.87. The van der Waals surface area contributed by atoms with Crippen LogP contribution in [0.4, 0.5) is 10.1 Å². The normalized spacial score (nSPS) is 10.3. The summed E-state index contributed by atoms with van der Waals surface area (Å²) in [6, 6.07) is 9.32. The van der Waals surface area contributed by atoms with Crippen LogP contribution in [0.25, 0.3) is 0 Å². The summed E-state index contributed by atoms with van der Waals surface area (Å²) in [5.41, 5.74) is 6.84. The maximum atomic E-state index is 13.6. The number of nitrogens with two attached hydrogens (primary N) is 1. The minimum atomic E-state index is -0.409.